The summed E-state index contributed by atoms with van der Waals surface area (Å²) < 4.78 is 5.69. The summed E-state index contributed by atoms with van der Waals surface area (Å²) in [6, 6.07) is 7.74. The number of fused-ring (bicyclic) bond motifs is 1. The second-order valence-electron chi connectivity index (χ2n) is 6.33. The van der Waals surface area contributed by atoms with Gasteiger partial charge in [0.05, 0.1) is 6.04 Å². The third kappa shape index (κ3) is 4.61. The third-order valence-corrected chi connectivity index (χ3v) is 4.98. The first-order valence-corrected chi connectivity index (χ1v) is 8.48. The lowest BCUT2D eigenvalue weighted by molar-refractivity contribution is 0.161. The van der Waals surface area contributed by atoms with E-state index in [9.17, 15) is 9.90 Å². The lowest BCUT2D eigenvalue weighted by Gasteiger charge is -2.32. The molecule has 0 aliphatic carbocycles. The van der Waals surface area contributed by atoms with E-state index in [1.165, 1.54) is 0 Å². The quantitative estimate of drug-likeness (QED) is 0.723. The van der Waals surface area contributed by atoms with Crippen molar-refractivity contribution in [1.82, 2.24) is 10.6 Å². The molecule has 1 atom stereocenters. The Balaban J connectivity index is 1.83. The molecule has 3 N–H and O–H groups in total. The van der Waals surface area contributed by atoms with Gasteiger partial charge in [0.15, 0.2) is 0 Å². The number of ether oxygens (including phenoxy) is 1. The summed E-state index contributed by atoms with van der Waals surface area (Å²) in [6.45, 7) is 5.43. The van der Waals surface area contributed by atoms with Crippen LogP contribution in [0.1, 0.15) is 38.7 Å². The van der Waals surface area contributed by atoms with Crippen LogP contribution in [0, 0.1) is 5.41 Å². The van der Waals surface area contributed by atoms with E-state index in [0.717, 1.165) is 30.6 Å². The zero-order valence-corrected chi connectivity index (χ0v) is 14.1. The van der Waals surface area contributed by atoms with Crippen LogP contribution in [0.2, 0.25) is 0 Å². The van der Waals surface area contributed by atoms with Crippen LogP contribution in [0.15, 0.2) is 24.3 Å². The minimum Gasteiger partial charge on any atom is -0.491 e. The number of urea groups is 1. The Labute approximate surface area is 138 Å². The predicted octanol–water partition coefficient (Wildman–Crippen LogP) is 2.48. The number of hydrogen-bond donors (Lipinski definition) is 3. The molecule has 1 aliphatic rings. The predicted molar refractivity (Wildman–Crippen MR) is 90.7 cm³/mol. The number of aliphatic hydroxyl groups is 1. The number of aliphatic hydroxyl groups excluding tert-OH is 1. The Morgan fingerprint density at radius 3 is 2.78 bits per heavy atom. The average molecular weight is 320 g/mol. The van der Waals surface area contributed by atoms with Crippen LogP contribution in [0.4, 0.5) is 4.79 Å². The number of benzene rings is 1. The van der Waals surface area contributed by atoms with E-state index in [-0.39, 0.29) is 24.1 Å². The largest absolute Gasteiger partial charge is 0.491 e. The van der Waals surface area contributed by atoms with Crippen LogP contribution in [-0.2, 0) is 6.42 Å². The average Bonchev–Trinajstić information content (AvgIpc) is 2.58. The van der Waals surface area contributed by atoms with Crippen molar-refractivity contribution in [1.29, 1.82) is 0 Å². The van der Waals surface area contributed by atoms with E-state index in [0.29, 0.717) is 19.6 Å². The first kappa shape index (κ1) is 17.6. The highest BCUT2D eigenvalue weighted by atomic mass is 16.5. The molecule has 1 unspecified atom stereocenters. The normalized spacial score (nSPS) is 17.1. The van der Waals surface area contributed by atoms with E-state index in [1.54, 1.807) is 0 Å². The number of hydrogen-bond acceptors (Lipinski definition) is 3. The number of carbonyl (C=O) groups excluding carboxylic acids is 1. The molecular weight excluding hydrogens is 292 g/mol. The molecule has 128 valence electrons. The monoisotopic (exact) mass is 320 g/mol. The maximum absolute atomic E-state index is 12.2. The second kappa shape index (κ2) is 8.20. The maximum atomic E-state index is 12.2. The van der Waals surface area contributed by atoms with Gasteiger partial charge in [-0.2, -0.15) is 0 Å². The highest BCUT2D eigenvalue weighted by molar-refractivity contribution is 5.74. The van der Waals surface area contributed by atoms with E-state index >= 15 is 0 Å². The molecule has 2 amide bonds. The summed E-state index contributed by atoms with van der Waals surface area (Å²) in [5.41, 5.74) is 1.10. The molecule has 5 heteroatoms. The van der Waals surface area contributed by atoms with Crippen LogP contribution in [-0.4, -0.2) is 36.9 Å². The molecule has 0 saturated heterocycles. The van der Waals surface area contributed by atoms with Gasteiger partial charge in [0.2, 0.25) is 0 Å². The number of nitrogens with one attached hydrogen (secondary N) is 2. The van der Waals surface area contributed by atoms with Crippen molar-refractivity contribution in [3.8, 4) is 5.75 Å². The van der Waals surface area contributed by atoms with Crippen LogP contribution in [0.3, 0.4) is 0 Å². The first-order chi connectivity index (χ1) is 11.1. The van der Waals surface area contributed by atoms with Gasteiger partial charge in [-0.25, -0.2) is 4.79 Å². The summed E-state index contributed by atoms with van der Waals surface area (Å²) in [6.07, 6.45) is 3.36. The molecule has 23 heavy (non-hydrogen) atoms. The fourth-order valence-corrected chi connectivity index (χ4v) is 3.10. The molecule has 1 aromatic carbocycles. The van der Waals surface area contributed by atoms with Crippen molar-refractivity contribution in [3.05, 3.63) is 29.8 Å². The van der Waals surface area contributed by atoms with Gasteiger partial charge in [-0.1, -0.05) is 32.0 Å². The lowest BCUT2D eigenvalue weighted by Crippen LogP contribution is -2.49. The molecule has 1 heterocycles. The molecule has 5 nitrogen and oxygen atoms in total. The lowest BCUT2D eigenvalue weighted by atomic mass is 9.79. The van der Waals surface area contributed by atoms with Gasteiger partial charge in [-0.3, -0.25) is 0 Å². The van der Waals surface area contributed by atoms with Crippen molar-refractivity contribution in [2.24, 2.45) is 5.41 Å². The molecular formula is C18H28N2O3. The smallest absolute Gasteiger partial charge is 0.315 e. The molecule has 0 saturated carbocycles. The van der Waals surface area contributed by atoms with Gasteiger partial charge in [-0.05, 0) is 42.7 Å². The molecule has 0 bridgehead atoms. The molecule has 2 rings (SSSR count). The summed E-state index contributed by atoms with van der Waals surface area (Å²) in [7, 11) is 0. The van der Waals surface area contributed by atoms with Crippen molar-refractivity contribution < 1.29 is 14.6 Å². The third-order valence-electron chi connectivity index (χ3n) is 4.98. The van der Waals surface area contributed by atoms with Gasteiger partial charge in [0.25, 0.3) is 0 Å². The molecule has 1 aliphatic heterocycles. The Morgan fingerprint density at radius 1 is 1.35 bits per heavy atom. The Hall–Kier alpha value is -1.75. The van der Waals surface area contributed by atoms with Crippen molar-refractivity contribution in [2.45, 2.75) is 45.6 Å². The zero-order valence-electron chi connectivity index (χ0n) is 14.1. The molecule has 1 aromatic rings. The number of rotatable bonds is 7. The topological polar surface area (TPSA) is 70.6 Å². The standard InChI is InChI=1S/C18H28N2O3/c1-3-18(4-2,9-10-21)13-19-17(22)20-15-11-14-7-5-6-8-16(14)23-12-15/h5-8,15,21H,3-4,9-13H2,1-2H3,(H2,19,20,22). The van der Waals surface area contributed by atoms with Gasteiger partial charge >= 0.3 is 6.03 Å². The Bertz CT molecular complexity index is 515. The van der Waals surface area contributed by atoms with Gasteiger partial charge in [0.1, 0.15) is 12.4 Å². The highest BCUT2D eigenvalue weighted by Crippen LogP contribution is 2.29. The Kier molecular flexibility index (Phi) is 6.28. The fraction of sp³-hybridized carbons (Fsp3) is 0.611. The van der Waals surface area contributed by atoms with E-state index in [1.807, 2.05) is 24.3 Å². The first-order valence-electron chi connectivity index (χ1n) is 8.48. The van der Waals surface area contributed by atoms with Crippen LogP contribution in [0.25, 0.3) is 0 Å². The molecule has 0 spiro atoms. The SMILES string of the molecule is CCC(CC)(CCO)CNC(=O)NC1COc2ccccc2C1. The van der Waals surface area contributed by atoms with Crippen LogP contribution >= 0.6 is 0 Å². The second-order valence-corrected chi connectivity index (χ2v) is 6.33. The molecule has 0 aromatic heterocycles. The minimum absolute atomic E-state index is 0.0135. The minimum atomic E-state index is -0.165. The number of carbonyl (C=O) groups is 1. The van der Waals surface area contributed by atoms with Crippen molar-refractivity contribution in [3.63, 3.8) is 0 Å². The van der Waals surface area contributed by atoms with E-state index in [4.69, 9.17) is 4.74 Å². The Morgan fingerprint density at radius 2 is 2.09 bits per heavy atom. The molecule has 0 radical (unpaired) electrons. The summed E-state index contributed by atoms with van der Waals surface area (Å²) in [5.74, 6) is 0.907. The van der Waals surface area contributed by atoms with Gasteiger partial charge in [-0.15, -0.1) is 0 Å². The van der Waals surface area contributed by atoms with Gasteiger partial charge < -0.3 is 20.5 Å². The van der Waals surface area contributed by atoms with E-state index in [2.05, 4.69) is 24.5 Å². The zero-order chi connectivity index (χ0) is 16.7. The fourth-order valence-electron chi connectivity index (χ4n) is 3.10. The van der Waals surface area contributed by atoms with E-state index < -0.39 is 0 Å². The number of para-hydroxylation sites is 1. The van der Waals surface area contributed by atoms with Crippen LogP contribution < -0.4 is 15.4 Å². The summed E-state index contributed by atoms with van der Waals surface area (Å²) in [4.78, 5) is 12.2. The summed E-state index contributed by atoms with van der Waals surface area (Å²) >= 11 is 0. The number of amides is 2. The van der Waals surface area contributed by atoms with Gasteiger partial charge in [0, 0.05) is 13.2 Å². The maximum Gasteiger partial charge on any atom is 0.315 e. The summed E-state index contributed by atoms with van der Waals surface area (Å²) in [5, 5.41) is 15.2. The van der Waals surface area contributed by atoms with Crippen LogP contribution in [0.5, 0.6) is 5.75 Å². The highest BCUT2D eigenvalue weighted by Gasteiger charge is 2.27. The van der Waals surface area contributed by atoms with Crippen molar-refractivity contribution >= 4 is 6.03 Å². The molecule has 0 fully saturated rings. The van der Waals surface area contributed by atoms with Crippen molar-refractivity contribution in [2.75, 3.05) is 19.8 Å².